The Kier molecular flexibility index (Phi) is 7.91. The lowest BCUT2D eigenvalue weighted by molar-refractivity contribution is 0.191. The average Bonchev–Trinajstić information content (AvgIpc) is 2.42. The molecule has 0 aromatic carbocycles. The lowest BCUT2D eigenvalue weighted by Gasteiger charge is -2.24. The zero-order valence-corrected chi connectivity index (χ0v) is 13.0. The Labute approximate surface area is 121 Å². The molecule has 0 saturated carbocycles. The second-order valence-corrected chi connectivity index (χ2v) is 4.55. The van der Waals surface area contributed by atoms with Gasteiger partial charge in [-0.2, -0.15) is 4.98 Å². The molecule has 114 valence electrons. The number of aryl methyl sites for hydroxylation is 1. The van der Waals surface area contributed by atoms with Gasteiger partial charge in [-0.25, -0.2) is 4.98 Å². The van der Waals surface area contributed by atoms with Gasteiger partial charge in [0, 0.05) is 52.2 Å². The highest BCUT2D eigenvalue weighted by Gasteiger charge is 2.10. The van der Waals surface area contributed by atoms with Gasteiger partial charge in [0.1, 0.15) is 5.82 Å². The Morgan fingerprint density at radius 2 is 1.90 bits per heavy atom. The van der Waals surface area contributed by atoms with Crippen molar-refractivity contribution in [1.29, 1.82) is 0 Å². The summed E-state index contributed by atoms with van der Waals surface area (Å²) in [5.74, 6) is 1.61. The Morgan fingerprint density at radius 1 is 1.15 bits per heavy atom. The molecule has 1 rings (SSSR count). The van der Waals surface area contributed by atoms with E-state index in [0.717, 1.165) is 44.2 Å². The Balaban J connectivity index is 2.81. The molecule has 0 aliphatic heterocycles. The summed E-state index contributed by atoms with van der Waals surface area (Å²) in [6.45, 7) is 7.94. The Morgan fingerprint density at radius 3 is 2.55 bits per heavy atom. The normalized spacial score (nSPS) is 10.6. The molecular weight excluding hydrogens is 256 g/mol. The smallest absolute Gasteiger partial charge is 0.224 e. The van der Waals surface area contributed by atoms with Crippen LogP contribution in [0.4, 0.5) is 11.8 Å². The first-order valence-electron chi connectivity index (χ1n) is 7.03. The molecule has 0 aliphatic rings. The number of nitrogens with zero attached hydrogens (tertiary/aromatic N) is 3. The molecule has 1 aromatic rings. The highest BCUT2D eigenvalue weighted by atomic mass is 16.5. The van der Waals surface area contributed by atoms with E-state index in [9.17, 15) is 0 Å². The largest absolute Gasteiger partial charge is 0.385 e. The van der Waals surface area contributed by atoms with Gasteiger partial charge in [-0.15, -0.1) is 0 Å². The predicted octanol–water partition coefficient (Wildman–Crippen LogP) is 1.71. The molecule has 0 bridgehead atoms. The van der Waals surface area contributed by atoms with E-state index in [2.05, 4.69) is 20.2 Å². The van der Waals surface area contributed by atoms with Crippen LogP contribution in [-0.2, 0) is 9.47 Å². The van der Waals surface area contributed by atoms with E-state index in [4.69, 9.17) is 9.47 Å². The van der Waals surface area contributed by atoms with Crippen LogP contribution >= 0.6 is 0 Å². The third-order valence-corrected chi connectivity index (χ3v) is 2.84. The maximum Gasteiger partial charge on any atom is 0.224 e. The van der Waals surface area contributed by atoms with Crippen LogP contribution in [0, 0.1) is 6.92 Å². The van der Waals surface area contributed by atoms with Crippen LogP contribution in [0.2, 0.25) is 0 Å². The molecule has 0 unspecified atom stereocenters. The third-order valence-electron chi connectivity index (χ3n) is 2.84. The van der Waals surface area contributed by atoms with Gasteiger partial charge >= 0.3 is 0 Å². The van der Waals surface area contributed by atoms with Crippen LogP contribution in [-0.4, -0.2) is 57.0 Å². The second-order valence-electron chi connectivity index (χ2n) is 4.55. The van der Waals surface area contributed by atoms with Crippen molar-refractivity contribution in [3.63, 3.8) is 0 Å². The lowest BCUT2D eigenvalue weighted by atomic mass is 10.3. The average molecular weight is 282 g/mol. The van der Waals surface area contributed by atoms with E-state index in [1.165, 1.54) is 0 Å². The lowest BCUT2D eigenvalue weighted by Crippen LogP contribution is -2.30. The van der Waals surface area contributed by atoms with Crippen LogP contribution in [0.3, 0.4) is 0 Å². The topological polar surface area (TPSA) is 59.5 Å². The fourth-order valence-electron chi connectivity index (χ4n) is 1.89. The molecular formula is C14H26N4O2. The maximum atomic E-state index is 5.18. The molecule has 0 atom stereocenters. The number of hydrogen-bond acceptors (Lipinski definition) is 6. The van der Waals surface area contributed by atoms with Crippen LogP contribution < -0.4 is 10.2 Å². The molecule has 0 aliphatic carbocycles. The number of rotatable bonds is 10. The molecule has 1 heterocycles. The second kappa shape index (κ2) is 9.50. The molecule has 0 saturated heterocycles. The number of aromatic nitrogens is 2. The van der Waals surface area contributed by atoms with Crippen LogP contribution in [0.15, 0.2) is 6.07 Å². The fraction of sp³-hybridized carbons (Fsp3) is 0.714. The van der Waals surface area contributed by atoms with Crippen molar-refractivity contribution in [2.45, 2.75) is 20.3 Å². The van der Waals surface area contributed by atoms with Gasteiger partial charge in [-0.1, -0.05) is 0 Å². The number of ether oxygens (including phenoxy) is 2. The monoisotopic (exact) mass is 282 g/mol. The van der Waals surface area contributed by atoms with Crippen molar-refractivity contribution in [3.8, 4) is 0 Å². The summed E-state index contributed by atoms with van der Waals surface area (Å²) in [5.41, 5.74) is 0.958. The first-order valence-corrected chi connectivity index (χ1v) is 7.03. The fourth-order valence-corrected chi connectivity index (χ4v) is 1.89. The van der Waals surface area contributed by atoms with Gasteiger partial charge in [0.25, 0.3) is 0 Å². The van der Waals surface area contributed by atoms with Crippen LogP contribution in [0.25, 0.3) is 0 Å². The third kappa shape index (κ3) is 5.71. The van der Waals surface area contributed by atoms with Gasteiger partial charge in [-0.3, -0.25) is 0 Å². The molecule has 20 heavy (non-hydrogen) atoms. The van der Waals surface area contributed by atoms with Crippen molar-refractivity contribution in [3.05, 3.63) is 11.8 Å². The molecule has 0 radical (unpaired) electrons. The molecule has 0 fully saturated rings. The molecule has 0 spiro atoms. The molecule has 0 amide bonds. The summed E-state index contributed by atoms with van der Waals surface area (Å²) < 4.78 is 10.3. The van der Waals surface area contributed by atoms with Crippen molar-refractivity contribution in [2.24, 2.45) is 0 Å². The predicted molar refractivity (Wildman–Crippen MR) is 81.5 cm³/mol. The van der Waals surface area contributed by atoms with E-state index in [0.29, 0.717) is 12.6 Å². The van der Waals surface area contributed by atoms with E-state index in [1.807, 2.05) is 19.9 Å². The minimum absolute atomic E-state index is 0.673. The van der Waals surface area contributed by atoms with Gasteiger partial charge in [-0.05, 0) is 20.3 Å². The molecule has 1 aromatic heterocycles. The standard InChI is InChI=1S/C14H26N4O2/c1-5-15-14-16-12(2)11-13(17-14)18(8-10-20-4)7-6-9-19-3/h11H,5-10H2,1-4H3,(H,15,16,17). The van der Waals surface area contributed by atoms with Crippen LogP contribution in [0.1, 0.15) is 19.0 Å². The summed E-state index contributed by atoms with van der Waals surface area (Å²) in [5, 5.41) is 3.16. The first kappa shape index (κ1) is 16.7. The number of hydrogen-bond donors (Lipinski definition) is 1. The van der Waals surface area contributed by atoms with Gasteiger partial charge in [0.15, 0.2) is 0 Å². The number of nitrogens with one attached hydrogen (secondary N) is 1. The zero-order chi connectivity index (χ0) is 14.8. The van der Waals surface area contributed by atoms with Crippen molar-refractivity contribution < 1.29 is 9.47 Å². The molecule has 6 heteroatoms. The Hall–Kier alpha value is -1.40. The SMILES string of the molecule is CCNc1nc(C)cc(N(CCCOC)CCOC)n1. The van der Waals surface area contributed by atoms with Crippen molar-refractivity contribution in [2.75, 3.05) is 57.3 Å². The number of anilines is 2. The highest BCUT2D eigenvalue weighted by Crippen LogP contribution is 2.15. The molecule has 1 N–H and O–H groups in total. The van der Waals surface area contributed by atoms with E-state index >= 15 is 0 Å². The van der Waals surface area contributed by atoms with Gasteiger partial charge < -0.3 is 19.7 Å². The van der Waals surface area contributed by atoms with E-state index in [-0.39, 0.29) is 0 Å². The molecule has 6 nitrogen and oxygen atoms in total. The summed E-state index contributed by atoms with van der Waals surface area (Å²) in [6.07, 6.45) is 0.958. The summed E-state index contributed by atoms with van der Waals surface area (Å²) in [6, 6.07) is 2.00. The first-order chi connectivity index (χ1) is 9.71. The van der Waals surface area contributed by atoms with E-state index < -0.39 is 0 Å². The minimum atomic E-state index is 0.673. The van der Waals surface area contributed by atoms with Crippen molar-refractivity contribution >= 4 is 11.8 Å². The zero-order valence-electron chi connectivity index (χ0n) is 13.0. The Bertz CT molecular complexity index is 387. The minimum Gasteiger partial charge on any atom is -0.385 e. The van der Waals surface area contributed by atoms with E-state index in [1.54, 1.807) is 14.2 Å². The summed E-state index contributed by atoms with van der Waals surface area (Å²) in [7, 11) is 3.43. The number of methoxy groups -OCH3 is 2. The maximum absolute atomic E-state index is 5.18. The summed E-state index contributed by atoms with van der Waals surface area (Å²) >= 11 is 0. The summed E-state index contributed by atoms with van der Waals surface area (Å²) in [4.78, 5) is 11.1. The van der Waals surface area contributed by atoms with Gasteiger partial charge in [0.2, 0.25) is 5.95 Å². The van der Waals surface area contributed by atoms with Crippen LogP contribution in [0.5, 0.6) is 0 Å². The quantitative estimate of drug-likeness (QED) is 0.659. The van der Waals surface area contributed by atoms with Gasteiger partial charge in [0.05, 0.1) is 6.61 Å². The highest BCUT2D eigenvalue weighted by molar-refractivity contribution is 5.44. The van der Waals surface area contributed by atoms with Crippen molar-refractivity contribution in [1.82, 2.24) is 9.97 Å².